The summed E-state index contributed by atoms with van der Waals surface area (Å²) < 4.78 is 32.5. The maximum Gasteiger partial charge on any atom is 0.310 e. The Hall–Kier alpha value is -2.42. The number of hydrogen-bond acceptors (Lipinski definition) is 5. The van der Waals surface area contributed by atoms with Crippen molar-refractivity contribution in [3.63, 3.8) is 0 Å². The second kappa shape index (κ2) is 10.3. The number of rotatable bonds is 7. The van der Waals surface area contributed by atoms with Crippen molar-refractivity contribution in [1.82, 2.24) is 4.31 Å². The Morgan fingerprint density at radius 2 is 1.74 bits per heavy atom. The lowest BCUT2D eigenvalue weighted by atomic mass is 10.1. The van der Waals surface area contributed by atoms with E-state index in [1.54, 1.807) is 43.3 Å². The smallest absolute Gasteiger partial charge is 0.310 e. The molecule has 1 N–H and O–H groups in total. The number of aryl methyl sites for hydroxylation is 1. The minimum atomic E-state index is -3.63. The summed E-state index contributed by atoms with van der Waals surface area (Å²) in [6, 6.07) is 11.5. The quantitative estimate of drug-likeness (QED) is 0.632. The van der Waals surface area contributed by atoms with E-state index in [0.29, 0.717) is 29.4 Å². The van der Waals surface area contributed by atoms with Crippen LogP contribution in [0.25, 0.3) is 0 Å². The molecule has 2 aromatic carbocycles. The van der Waals surface area contributed by atoms with Gasteiger partial charge >= 0.3 is 5.97 Å². The molecule has 7 nitrogen and oxygen atoms in total. The Bertz CT molecular complexity index is 1050. The van der Waals surface area contributed by atoms with Crippen LogP contribution in [-0.4, -0.2) is 44.3 Å². The predicted molar refractivity (Wildman–Crippen MR) is 119 cm³/mol. The molecule has 0 unspecified atom stereocenters. The average molecular weight is 465 g/mol. The van der Waals surface area contributed by atoms with Crippen LogP contribution in [0.3, 0.4) is 0 Å². The molecule has 0 atom stereocenters. The maximum absolute atomic E-state index is 13.0. The predicted octanol–water partition coefficient (Wildman–Crippen LogP) is 3.55. The van der Waals surface area contributed by atoms with Crippen LogP contribution >= 0.6 is 11.6 Å². The Morgan fingerprint density at radius 1 is 1.06 bits per heavy atom. The number of sulfonamides is 1. The first-order valence-electron chi connectivity index (χ1n) is 10.1. The van der Waals surface area contributed by atoms with Crippen molar-refractivity contribution in [3.05, 3.63) is 58.6 Å². The molecule has 3 rings (SSSR count). The second-order valence-corrected chi connectivity index (χ2v) is 9.80. The van der Waals surface area contributed by atoms with Crippen molar-refractivity contribution in [2.24, 2.45) is 0 Å². The van der Waals surface area contributed by atoms with Gasteiger partial charge in [-0.2, -0.15) is 4.31 Å². The van der Waals surface area contributed by atoms with Gasteiger partial charge in [0.25, 0.3) is 5.91 Å². The Labute approximate surface area is 187 Å². The average Bonchev–Trinajstić information content (AvgIpc) is 2.76. The van der Waals surface area contributed by atoms with Gasteiger partial charge in [-0.05, 0) is 55.2 Å². The van der Waals surface area contributed by atoms with E-state index in [1.165, 1.54) is 10.4 Å². The molecule has 0 spiro atoms. The first-order chi connectivity index (χ1) is 14.8. The number of esters is 1. The highest BCUT2D eigenvalue weighted by atomic mass is 35.5. The third kappa shape index (κ3) is 6.29. The van der Waals surface area contributed by atoms with Gasteiger partial charge in [0.1, 0.15) is 0 Å². The van der Waals surface area contributed by atoms with E-state index >= 15 is 0 Å². The van der Waals surface area contributed by atoms with Crippen LogP contribution in [0, 0.1) is 6.92 Å². The van der Waals surface area contributed by atoms with E-state index in [4.69, 9.17) is 16.3 Å². The molecule has 1 heterocycles. The fourth-order valence-corrected chi connectivity index (χ4v) is 5.26. The highest BCUT2D eigenvalue weighted by Crippen LogP contribution is 2.26. The first-order valence-corrected chi connectivity index (χ1v) is 11.9. The van der Waals surface area contributed by atoms with Crippen LogP contribution in [-0.2, 0) is 30.8 Å². The number of benzene rings is 2. The standard InChI is InChI=1S/C22H25ClN2O5S/c1-16-5-10-19(14-20(16)31(28,29)25-11-3-2-4-12-25)24-21(26)15-30-22(27)13-17-6-8-18(23)9-7-17/h5-10,14H,2-4,11-13,15H2,1H3,(H,24,26). The zero-order chi connectivity index (χ0) is 22.4. The molecule has 1 aliphatic heterocycles. The van der Waals surface area contributed by atoms with Crippen LogP contribution in [0.2, 0.25) is 5.02 Å². The molecule has 166 valence electrons. The molecule has 1 aliphatic rings. The van der Waals surface area contributed by atoms with Gasteiger partial charge in [0, 0.05) is 23.8 Å². The minimum Gasteiger partial charge on any atom is -0.455 e. The SMILES string of the molecule is Cc1ccc(NC(=O)COC(=O)Cc2ccc(Cl)cc2)cc1S(=O)(=O)N1CCCCC1. The fourth-order valence-electron chi connectivity index (χ4n) is 3.36. The summed E-state index contributed by atoms with van der Waals surface area (Å²) in [7, 11) is -3.63. The molecule has 0 radical (unpaired) electrons. The second-order valence-electron chi connectivity index (χ2n) is 7.46. The van der Waals surface area contributed by atoms with Crippen molar-refractivity contribution >= 4 is 39.2 Å². The normalized spacial score (nSPS) is 14.8. The lowest BCUT2D eigenvalue weighted by Gasteiger charge is -2.26. The number of nitrogens with zero attached hydrogens (tertiary/aromatic N) is 1. The van der Waals surface area contributed by atoms with Crippen LogP contribution in [0.15, 0.2) is 47.4 Å². The van der Waals surface area contributed by atoms with E-state index in [2.05, 4.69) is 5.32 Å². The van der Waals surface area contributed by atoms with Crippen LogP contribution in [0.5, 0.6) is 0 Å². The number of hydrogen-bond donors (Lipinski definition) is 1. The first kappa shape index (κ1) is 23.2. The van der Waals surface area contributed by atoms with E-state index < -0.39 is 28.5 Å². The Kier molecular flexibility index (Phi) is 7.69. The van der Waals surface area contributed by atoms with E-state index in [9.17, 15) is 18.0 Å². The molecule has 1 amide bonds. The van der Waals surface area contributed by atoms with Crippen molar-refractivity contribution in [2.75, 3.05) is 25.0 Å². The topological polar surface area (TPSA) is 92.8 Å². The number of carbonyl (C=O) groups is 2. The van der Waals surface area contributed by atoms with Gasteiger partial charge in [-0.25, -0.2) is 8.42 Å². The van der Waals surface area contributed by atoms with Gasteiger partial charge in [-0.1, -0.05) is 36.2 Å². The molecular formula is C22H25ClN2O5S. The molecule has 0 bridgehead atoms. The third-order valence-corrected chi connectivity index (χ3v) is 7.32. The molecule has 0 aromatic heterocycles. The fraction of sp³-hybridized carbons (Fsp3) is 0.364. The van der Waals surface area contributed by atoms with Gasteiger partial charge < -0.3 is 10.1 Å². The highest BCUT2D eigenvalue weighted by Gasteiger charge is 2.27. The number of carbonyl (C=O) groups excluding carboxylic acids is 2. The largest absolute Gasteiger partial charge is 0.455 e. The number of nitrogens with one attached hydrogen (secondary N) is 1. The van der Waals surface area contributed by atoms with Crippen LogP contribution < -0.4 is 5.32 Å². The zero-order valence-corrected chi connectivity index (χ0v) is 18.8. The Morgan fingerprint density at radius 3 is 2.42 bits per heavy atom. The number of piperidine rings is 1. The molecule has 1 fully saturated rings. The van der Waals surface area contributed by atoms with Gasteiger partial charge in [0.15, 0.2) is 6.61 Å². The molecular weight excluding hydrogens is 440 g/mol. The summed E-state index contributed by atoms with van der Waals surface area (Å²) in [6.45, 7) is 2.26. The molecule has 0 saturated carbocycles. The van der Waals surface area contributed by atoms with Gasteiger partial charge in [0.05, 0.1) is 11.3 Å². The number of amides is 1. The van der Waals surface area contributed by atoms with Crippen molar-refractivity contribution in [2.45, 2.75) is 37.5 Å². The van der Waals surface area contributed by atoms with Crippen molar-refractivity contribution in [3.8, 4) is 0 Å². The molecule has 1 saturated heterocycles. The molecule has 0 aliphatic carbocycles. The summed E-state index contributed by atoms with van der Waals surface area (Å²) in [4.78, 5) is 24.3. The van der Waals surface area contributed by atoms with Gasteiger partial charge in [-0.3, -0.25) is 9.59 Å². The highest BCUT2D eigenvalue weighted by molar-refractivity contribution is 7.89. The van der Waals surface area contributed by atoms with Gasteiger partial charge in [-0.15, -0.1) is 0 Å². The third-order valence-electron chi connectivity index (χ3n) is 5.03. The van der Waals surface area contributed by atoms with Crippen molar-refractivity contribution < 1.29 is 22.7 Å². The molecule has 9 heteroatoms. The van der Waals surface area contributed by atoms with Crippen LogP contribution in [0.1, 0.15) is 30.4 Å². The van der Waals surface area contributed by atoms with Crippen LogP contribution in [0.4, 0.5) is 5.69 Å². The number of anilines is 1. The van der Waals surface area contributed by atoms with E-state index in [1.807, 2.05) is 0 Å². The molecule has 31 heavy (non-hydrogen) atoms. The maximum atomic E-state index is 13.0. The number of ether oxygens (including phenoxy) is 1. The minimum absolute atomic E-state index is 0.0210. The van der Waals surface area contributed by atoms with E-state index in [-0.39, 0.29) is 11.3 Å². The molecule has 2 aromatic rings. The van der Waals surface area contributed by atoms with Gasteiger partial charge in [0.2, 0.25) is 10.0 Å². The summed E-state index contributed by atoms with van der Waals surface area (Å²) in [5.74, 6) is -1.09. The summed E-state index contributed by atoms with van der Waals surface area (Å²) in [5, 5.41) is 3.16. The summed E-state index contributed by atoms with van der Waals surface area (Å²) >= 11 is 5.81. The Balaban J connectivity index is 1.59. The summed E-state index contributed by atoms with van der Waals surface area (Å²) in [6.07, 6.45) is 2.73. The van der Waals surface area contributed by atoms with E-state index in [0.717, 1.165) is 24.8 Å². The number of halogens is 1. The zero-order valence-electron chi connectivity index (χ0n) is 17.3. The lowest BCUT2D eigenvalue weighted by Crippen LogP contribution is -2.36. The summed E-state index contributed by atoms with van der Waals surface area (Å²) in [5.41, 5.74) is 1.67. The van der Waals surface area contributed by atoms with Crippen molar-refractivity contribution in [1.29, 1.82) is 0 Å². The lowest BCUT2D eigenvalue weighted by molar-refractivity contribution is -0.146. The monoisotopic (exact) mass is 464 g/mol.